The van der Waals surface area contributed by atoms with Gasteiger partial charge >= 0.3 is 0 Å². The second kappa shape index (κ2) is 7.90. The minimum absolute atomic E-state index is 0.923. The van der Waals surface area contributed by atoms with Crippen molar-refractivity contribution in [1.82, 2.24) is 0 Å². The van der Waals surface area contributed by atoms with Crippen LogP contribution in [-0.2, 0) is 4.74 Å². The smallest absolute Gasteiger partial charge is 0.184 e. The fourth-order valence-corrected chi connectivity index (χ4v) is 2.10. The van der Waals surface area contributed by atoms with E-state index in [-0.39, 0.29) is 0 Å². The zero-order chi connectivity index (χ0) is 17.2. The number of hydrogen-bond donors (Lipinski definition) is 10. The second-order valence-electron chi connectivity index (χ2n) is 5.18. The largest absolute Gasteiger partial charge is 0.394 e. The van der Waals surface area contributed by atoms with E-state index in [9.17, 15) is 40.9 Å². The molecule has 1 rings (SSSR count). The summed E-state index contributed by atoms with van der Waals surface area (Å²) in [5.74, 6) is 0. The molecule has 132 valence electrons. The molecule has 22 heavy (non-hydrogen) atoms. The second-order valence-corrected chi connectivity index (χ2v) is 5.18. The minimum Gasteiger partial charge on any atom is -0.394 e. The van der Waals surface area contributed by atoms with Crippen molar-refractivity contribution in [3.05, 3.63) is 0 Å². The first-order valence-corrected chi connectivity index (χ1v) is 6.52. The van der Waals surface area contributed by atoms with Gasteiger partial charge in [-0.15, -0.1) is 0 Å². The standard InChI is InChI=1S/C11H22O11/c12-1-2(13)3(14)4(15)5(16)7(18)10-8(19)6(17)9(20)11(21)22-10/h2-21H,1H2. The minimum atomic E-state index is -2.16. The molecule has 1 fully saturated rings. The third-order valence-corrected chi connectivity index (χ3v) is 3.59. The van der Waals surface area contributed by atoms with E-state index in [0.717, 1.165) is 0 Å². The van der Waals surface area contributed by atoms with Crippen LogP contribution in [-0.4, -0.2) is 119 Å². The van der Waals surface area contributed by atoms with Crippen molar-refractivity contribution in [2.45, 2.75) is 61.2 Å². The fourth-order valence-electron chi connectivity index (χ4n) is 2.10. The van der Waals surface area contributed by atoms with Gasteiger partial charge in [0.1, 0.15) is 54.9 Å². The van der Waals surface area contributed by atoms with Gasteiger partial charge in [-0.05, 0) is 0 Å². The van der Waals surface area contributed by atoms with Crippen molar-refractivity contribution in [3.63, 3.8) is 0 Å². The molecule has 11 heteroatoms. The summed E-state index contributed by atoms with van der Waals surface area (Å²) in [4.78, 5) is 0. The van der Waals surface area contributed by atoms with Crippen molar-refractivity contribution < 1.29 is 55.8 Å². The van der Waals surface area contributed by atoms with E-state index >= 15 is 0 Å². The molecule has 0 radical (unpaired) electrons. The highest BCUT2D eigenvalue weighted by Crippen LogP contribution is 2.24. The van der Waals surface area contributed by atoms with Gasteiger partial charge in [-0.1, -0.05) is 0 Å². The van der Waals surface area contributed by atoms with Gasteiger partial charge in [0.2, 0.25) is 0 Å². The molecule has 0 aliphatic carbocycles. The number of aliphatic hydroxyl groups excluding tert-OH is 10. The van der Waals surface area contributed by atoms with Gasteiger partial charge in [0, 0.05) is 0 Å². The van der Waals surface area contributed by atoms with Gasteiger partial charge < -0.3 is 55.8 Å². The van der Waals surface area contributed by atoms with Crippen LogP contribution in [0.5, 0.6) is 0 Å². The van der Waals surface area contributed by atoms with E-state index in [1.54, 1.807) is 0 Å². The lowest BCUT2D eigenvalue weighted by Gasteiger charge is -2.42. The molecule has 0 aromatic heterocycles. The van der Waals surface area contributed by atoms with E-state index in [1.165, 1.54) is 0 Å². The molecule has 1 heterocycles. The summed E-state index contributed by atoms with van der Waals surface area (Å²) in [5.41, 5.74) is 0. The van der Waals surface area contributed by atoms with Crippen LogP contribution in [0, 0.1) is 0 Å². The zero-order valence-corrected chi connectivity index (χ0v) is 11.4. The lowest BCUT2D eigenvalue weighted by molar-refractivity contribution is -0.306. The molecule has 11 nitrogen and oxygen atoms in total. The van der Waals surface area contributed by atoms with Crippen molar-refractivity contribution in [1.29, 1.82) is 0 Å². The van der Waals surface area contributed by atoms with Gasteiger partial charge in [-0.2, -0.15) is 0 Å². The Bertz CT molecular complexity index is 342. The highest BCUT2D eigenvalue weighted by Gasteiger charge is 2.49. The third-order valence-electron chi connectivity index (χ3n) is 3.59. The van der Waals surface area contributed by atoms with Gasteiger partial charge in [-0.25, -0.2) is 0 Å². The Hall–Kier alpha value is -0.440. The van der Waals surface area contributed by atoms with E-state index in [4.69, 9.17) is 10.2 Å². The van der Waals surface area contributed by atoms with Gasteiger partial charge in [0.05, 0.1) is 6.61 Å². The van der Waals surface area contributed by atoms with Crippen LogP contribution in [0.1, 0.15) is 0 Å². The lowest BCUT2D eigenvalue weighted by atomic mass is 9.89. The van der Waals surface area contributed by atoms with Crippen molar-refractivity contribution in [2.75, 3.05) is 6.61 Å². The van der Waals surface area contributed by atoms with Crippen LogP contribution in [0.15, 0.2) is 0 Å². The average Bonchev–Trinajstić information content (AvgIpc) is 2.52. The monoisotopic (exact) mass is 330 g/mol. The van der Waals surface area contributed by atoms with Gasteiger partial charge in [-0.3, -0.25) is 0 Å². The molecule has 0 bridgehead atoms. The SMILES string of the molecule is OCC(O)C(O)C(O)C(O)C(O)C1OC(O)C(O)C(O)C1O. The highest BCUT2D eigenvalue weighted by molar-refractivity contribution is 4.96. The molecular weight excluding hydrogens is 308 g/mol. The summed E-state index contributed by atoms with van der Waals surface area (Å²) in [6.45, 7) is -0.923. The molecule has 1 aliphatic rings. The first kappa shape index (κ1) is 19.6. The summed E-state index contributed by atoms with van der Waals surface area (Å²) in [5, 5.41) is 94.2. The molecule has 1 saturated heterocycles. The maximum absolute atomic E-state index is 9.85. The average molecular weight is 330 g/mol. The van der Waals surface area contributed by atoms with Crippen molar-refractivity contribution in [2.24, 2.45) is 0 Å². The predicted octanol–water partition coefficient (Wildman–Crippen LogP) is -6.42. The van der Waals surface area contributed by atoms with Crippen molar-refractivity contribution >= 4 is 0 Å². The molecule has 1 aliphatic heterocycles. The highest BCUT2D eigenvalue weighted by atomic mass is 16.6. The molecule has 0 aromatic carbocycles. The van der Waals surface area contributed by atoms with Crippen LogP contribution < -0.4 is 0 Å². The van der Waals surface area contributed by atoms with E-state index < -0.39 is 67.8 Å². The summed E-state index contributed by atoms with van der Waals surface area (Å²) in [6.07, 6.45) is -19.6. The Kier molecular flexibility index (Phi) is 7.04. The maximum Gasteiger partial charge on any atom is 0.184 e. The van der Waals surface area contributed by atoms with E-state index in [1.807, 2.05) is 0 Å². The predicted molar refractivity (Wildman–Crippen MR) is 66.0 cm³/mol. The Balaban J connectivity index is 2.79. The normalized spacial score (nSPS) is 39.8. The molecule has 0 aromatic rings. The molecule has 0 saturated carbocycles. The molecule has 10 atom stereocenters. The Labute approximate surface area is 124 Å². The quantitative estimate of drug-likeness (QED) is 0.221. The summed E-state index contributed by atoms with van der Waals surface area (Å²) < 4.78 is 4.66. The van der Waals surface area contributed by atoms with Gasteiger partial charge in [0.15, 0.2) is 6.29 Å². The zero-order valence-electron chi connectivity index (χ0n) is 11.4. The first-order chi connectivity index (χ1) is 10.1. The lowest BCUT2D eigenvalue weighted by Crippen LogP contribution is -2.64. The fraction of sp³-hybridized carbons (Fsp3) is 1.00. The van der Waals surface area contributed by atoms with Crippen LogP contribution >= 0.6 is 0 Å². The van der Waals surface area contributed by atoms with Gasteiger partial charge in [0.25, 0.3) is 0 Å². The van der Waals surface area contributed by atoms with E-state index in [0.29, 0.717) is 0 Å². The first-order valence-electron chi connectivity index (χ1n) is 6.52. The molecule has 0 spiro atoms. The van der Waals surface area contributed by atoms with Crippen LogP contribution in [0.2, 0.25) is 0 Å². The van der Waals surface area contributed by atoms with Crippen LogP contribution in [0.3, 0.4) is 0 Å². The maximum atomic E-state index is 9.85. The molecular formula is C11H22O11. The third kappa shape index (κ3) is 3.90. The van der Waals surface area contributed by atoms with Crippen LogP contribution in [0.25, 0.3) is 0 Å². The Morgan fingerprint density at radius 3 is 1.77 bits per heavy atom. The van der Waals surface area contributed by atoms with Crippen molar-refractivity contribution in [3.8, 4) is 0 Å². The topological polar surface area (TPSA) is 212 Å². The summed E-state index contributed by atoms with van der Waals surface area (Å²) in [6, 6.07) is 0. The molecule has 10 unspecified atom stereocenters. The number of aliphatic hydroxyl groups is 10. The number of ether oxygens (including phenoxy) is 1. The summed E-state index contributed by atoms with van der Waals surface area (Å²) in [7, 11) is 0. The Morgan fingerprint density at radius 2 is 1.27 bits per heavy atom. The Morgan fingerprint density at radius 1 is 0.727 bits per heavy atom. The van der Waals surface area contributed by atoms with E-state index in [2.05, 4.69) is 4.74 Å². The van der Waals surface area contributed by atoms with Crippen LogP contribution in [0.4, 0.5) is 0 Å². The molecule has 0 amide bonds. The summed E-state index contributed by atoms with van der Waals surface area (Å²) >= 11 is 0. The molecule has 10 N–H and O–H groups in total. The number of hydrogen-bond acceptors (Lipinski definition) is 11. The number of rotatable bonds is 6.